The van der Waals surface area contributed by atoms with E-state index in [9.17, 15) is 4.79 Å². The highest BCUT2D eigenvalue weighted by atomic mass is 16.2. The van der Waals surface area contributed by atoms with Crippen LogP contribution in [-0.4, -0.2) is 21.7 Å². The van der Waals surface area contributed by atoms with Crippen LogP contribution in [-0.2, 0) is 12.8 Å². The molecule has 154 valence electrons. The lowest BCUT2D eigenvalue weighted by molar-refractivity contribution is -0.113. The Labute approximate surface area is 169 Å². The van der Waals surface area contributed by atoms with Crippen molar-refractivity contribution in [2.45, 2.75) is 103 Å². The summed E-state index contributed by atoms with van der Waals surface area (Å²) in [5, 5.41) is 8.40. The lowest BCUT2D eigenvalue weighted by atomic mass is 9.45. The van der Waals surface area contributed by atoms with Gasteiger partial charge in [0.15, 0.2) is 5.69 Å². The summed E-state index contributed by atoms with van der Waals surface area (Å²) in [5.74, 6) is 2.20. The van der Waals surface area contributed by atoms with Crippen LogP contribution in [0.3, 0.4) is 0 Å². The number of fused-ring (bicyclic) bond motifs is 3. The van der Waals surface area contributed by atoms with Gasteiger partial charge in [-0.1, -0.05) is 40.0 Å². The van der Waals surface area contributed by atoms with Crippen molar-refractivity contribution in [3.8, 4) is 0 Å². The van der Waals surface area contributed by atoms with E-state index in [2.05, 4.69) is 30.8 Å². The first-order chi connectivity index (χ1) is 13.5. The van der Waals surface area contributed by atoms with Gasteiger partial charge in [-0.3, -0.25) is 9.48 Å². The Kier molecular flexibility index (Phi) is 4.59. The lowest BCUT2D eigenvalue weighted by Crippen LogP contribution is -2.60. The van der Waals surface area contributed by atoms with Gasteiger partial charge in [0.25, 0.3) is 5.91 Å². The second kappa shape index (κ2) is 6.88. The number of carbonyl (C=O) groups excluding carboxylic acids is 1. The number of hydrogen-bond acceptors (Lipinski definition) is 2. The molecule has 5 aliphatic carbocycles. The van der Waals surface area contributed by atoms with E-state index in [1.165, 1.54) is 62.6 Å². The van der Waals surface area contributed by atoms with E-state index in [0.717, 1.165) is 36.8 Å². The predicted molar refractivity (Wildman–Crippen MR) is 111 cm³/mol. The maximum atomic E-state index is 13.3. The van der Waals surface area contributed by atoms with Crippen LogP contribution in [0.1, 0.15) is 106 Å². The molecule has 4 fully saturated rings. The number of aromatic nitrogens is 2. The molecular weight excluding hydrogens is 346 g/mol. The van der Waals surface area contributed by atoms with Crippen LogP contribution < -0.4 is 5.32 Å². The molecule has 4 atom stereocenters. The summed E-state index contributed by atoms with van der Waals surface area (Å²) in [6, 6.07) is 0.840. The van der Waals surface area contributed by atoms with Crippen molar-refractivity contribution in [1.29, 1.82) is 0 Å². The number of rotatable bonds is 3. The quantitative estimate of drug-likeness (QED) is 0.792. The Balaban J connectivity index is 1.37. The minimum absolute atomic E-state index is 0.101. The normalized spacial score (nSPS) is 34.4. The van der Waals surface area contributed by atoms with Crippen molar-refractivity contribution in [2.24, 2.45) is 23.2 Å². The molecular formula is C24H37N3O. The average molecular weight is 384 g/mol. The van der Waals surface area contributed by atoms with Crippen LogP contribution >= 0.6 is 0 Å². The molecule has 28 heavy (non-hydrogen) atoms. The largest absolute Gasteiger partial charge is 0.348 e. The highest BCUT2D eigenvalue weighted by Gasteiger charge is 2.56. The molecule has 0 aliphatic heterocycles. The molecule has 4 saturated carbocycles. The molecule has 6 rings (SSSR count). The maximum Gasteiger partial charge on any atom is 0.272 e. The molecule has 1 aromatic rings. The molecule has 5 aliphatic rings. The summed E-state index contributed by atoms with van der Waals surface area (Å²) >= 11 is 0. The first kappa shape index (κ1) is 18.7. The van der Waals surface area contributed by atoms with Crippen LogP contribution in [0.15, 0.2) is 0 Å². The molecule has 4 nitrogen and oxygen atoms in total. The summed E-state index contributed by atoms with van der Waals surface area (Å²) in [6.07, 6.45) is 13.5. The molecule has 1 aromatic heterocycles. The summed E-state index contributed by atoms with van der Waals surface area (Å²) in [4.78, 5) is 13.3. The molecule has 1 heterocycles. The van der Waals surface area contributed by atoms with E-state index >= 15 is 0 Å². The molecule has 4 heteroatoms. The van der Waals surface area contributed by atoms with Crippen LogP contribution in [0.4, 0.5) is 0 Å². The fourth-order valence-corrected chi connectivity index (χ4v) is 7.01. The van der Waals surface area contributed by atoms with E-state index in [4.69, 9.17) is 5.10 Å². The van der Waals surface area contributed by atoms with Crippen molar-refractivity contribution in [1.82, 2.24) is 15.1 Å². The standard InChI is InChI=1S/C24H37N3O/c1-15-19-13-16(24(19,2)3)14-20(15)25-23(28)22-18-11-7-8-12-21(18)27(26-22)17-9-5-4-6-10-17/h15-17,19-20H,4-14H2,1-3H3,(H,25,28)/t15-,16-,19+,20?/m1/s1. The van der Waals surface area contributed by atoms with Gasteiger partial charge in [-0.25, -0.2) is 0 Å². The van der Waals surface area contributed by atoms with Crippen LogP contribution in [0.5, 0.6) is 0 Å². The van der Waals surface area contributed by atoms with Crippen molar-refractivity contribution < 1.29 is 4.79 Å². The number of carbonyl (C=O) groups is 1. The first-order valence-corrected chi connectivity index (χ1v) is 11.9. The Morgan fingerprint density at radius 2 is 1.82 bits per heavy atom. The smallest absolute Gasteiger partial charge is 0.272 e. The van der Waals surface area contributed by atoms with E-state index in [-0.39, 0.29) is 5.91 Å². The minimum atomic E-state index is 0.101. The van der Waals surface area contributed by atoms with Crippen molar-refractivity contribution >= 4 is 5.91 Å². The molecule has 0 saturated heterocycles. The molecule has 1 unspecified atom stereocenters. The third-order valence-electron chi connectivity index (χ3n) is 9.02. The molecule has 0 radical (unpaired) electrons. The second-order valence-electron chi connectivity index (χ2n) is 10.8. The molecule has 2 bridgehead atoms. The number of hydrogen-bond donors (Lipinski definition) is 1. The molecule has 1 amide bonds. The SMILES string of the molecule is C[C@H]1C(NC(=O)c2nn(C3CCCCC3)c3c2CCCC3)C[C@H]2C[C@@H]1C2(C)C. The fourth-order valence-electron chi connectivity index (χ4n) is 7.01. The highest BCUT2D eigenvalue weighted by molar-refractivity contribution is 5.94. The molecule has 0 spiro atoms. The van der Waals surface area contributed by atoms with Gasteiger partial charge in [0.05, 0.1) is 6.04 Å². The first-order valence-electron chi connectivity index (χ1n) is 11.9. The summed E-state index contributed by atoms with van der Waals surface area (Å²) in [7, 11) is 0. The van der Waals surface area contributed by atoms with Gasteiger partial charge >= 0.3 is 0 Å². The van der Waals surface area contributed by atoms with Gasteiger partial charge in [0.1, 0.15) is 0 Å². The Morgan fingerprint density at radius 3 is 2.54 bits per heavy atom. The number of nitrogens with one attached hydrogen (secondary N) is 1. The Morgan fingerprint density at radius 1 is 1.07 bits per heavy atom. The van der Waals surface area contributed by atoms with Crippen molar-refractivity contribution in [3.05, 3.63) is 17.0 Å². The van der Waals surface area contributed by atoms with Gasteiger partial charge < -0.3 is 5.32 Å². The van der Waals surface area contributed by atoms with Gasteiger partial charge in [-0.2, -0.15) is 5.10 Å². The van der Waals surface area contributed by atoms with Crippen LogP contribution in [0.2, 0.25) is 0 Å². The number of nitrogens with zero attached hydrogens (tertiary/aromatic N) is 2. The Hall–Kier alpha value is -1.32. The second-order valence-corrected chi connectivity index (χ2v) is 10.8. The minimum Gasteiger partial charge on any atom is -0.348 e. The fraction of sp³-hybridized carbons (Fsp3) is 0.833. The van der Waals surface area contributed by atoms with Crippen LogP contribution in [0.25, 0.3) is 0 Å². The zero-order valence-electron chi connectivity index (χ0n) is 18.0. The summed E-state index contributed by atoms with van der Waals surface area (Å²) in [6.45, 7) is 7.19. The third kappa shape index (κ3) is 2.85. The predicted octanol–water partition coefficient (Wildman–Crippen LogP) is 5.07. The van der Waals surface area contributed by atoms with E-state index in [1.54, 1.807) is 0 Å². The van der Waals surface area contributed by atoms with Crippen LogP contribution in [0, 0.1) is 23.2 Å². The highest BCUT2D eigenvalue weighted by Crippen LogP contribution is 2.61. The van der Waals surface area contributed by atoms with Gasteiger partial charge in [-0.15, -0.1) is 0 Å². The monoisotopic (exact) mass is 383 g/mol. The van der Waals surface area contributed by atoms with Gasteiger partial charge in [0.2, 0.25) is 0 Å². The van der Waals surface area contributed by atoms with Crippen molar-refractivity contribution in [2.75, 3.05) is 0 Å². The summed E-state index contributed by atoms with van der Waals surface area (Å²) in [5.41, 5.74) is 3.86. The zero-order chi connectivity index (χ0) is 19.5. The average Bonchev–Trinajstić information content (AvgIpc) is 3.09. The molecule has 0 aromatic carbocycles. The van der Waals surface area contributed by atoms with E-state index in [0.29, 0.717) is 23.4 Å². The Bertz CT molecular complexity index is 758. The molecule has 1 N–H and O–H groups in total. The summed E-state index contributed by atoms with van der Waals surface area (Å²) < 4.78 is 2.29. The third-order valence-corrected chi connectivity index (χ3v) is 9.02. The van der Waals surface area contributed by atoms with Gasteiger partial charge in [-0.05, 0) is 74.5 Å². The number of amides is 1. The lowest BCUT2D eigenvalue weighted by Gasteiger charge is -2.62. The zero-order valence-corrected chi connectivity index (χ0v) is 18.0. The van der Waals surface area contributed by atoms with E-state index in [1.807, 2.05) is 0 Å². The van der Waals surface area contributed by atoms with E-state index < -0.39 is 0 Å². The topological polar surface area (TPSA) is 46.9 Å². The van der Waals surface area contributed by atoms with Crippen molar-refractivity contribution in [3.63, 3.8) is 0 Å². The van der Waals surface area contributed by atoms with Gasteiger partial charge in [0, 0.05) is 17.3 Å². The maximum absolute atomic E-state index is 13.3.